The quantitative estimate of drug-likeness (QED) is 0.823. The maximum Gasteiger partial charge on any atom is 0.408 e. The van der Waals surface area contributed by atoms with Crippen LogP contribution >= 0.6 is 0 Å². The molecule has 2 rings (SSSR count). The Kier molecular flexibility index (Phi) is 3.97. The third-order valence-electron chi connectivity index (χ3n) is 2.98. The van der Waals surface area contributed by atoms with Crippen molar-refractivity contribution in [3.63, 3.8) is 0 Å². The molecule has 1 aliphatic heterocycles. The summed E-state index contributed by atoms with van der Waals surface area (Å²) in [5.41, 5.74) is 1.30. The maximum absolute atomic E-state index is 12.1. The molecular formula is C15H20N2O3. The summed E-state index contributed by atoms with van der Waals surface area (Å²) in [6, 6.07) is 6.92. The molecule has 0 radical (unpaired) electrons. The molecule has 1 aromatic carbocycles. The molecule has 1 atom stereocenters. The highest BCUT2D eigenvalue weighted by Crippen LogP contribution is 2.22. The lowest BCUT2D eigenvalue weighted by Gasteiger charge is -2.23. The number of alkyl carbamates (subject to hydrolysis) is 1. The van der Waals surface area contributed by atoms with E-state index in [0.717, 1.165) is 17.5 Å². The van der Waals surface area contributed by atoms with Crippen molar-refractivity contribution in [1.82, 2.24) is 10.6 Å². The predicted molar refractivity (Wildman–Crippen MR) is 75.3 cm³/mol. The molecule has 1 unspecified atom stereocenters. The van der Waals surface area contributed by atoms with Crippen molar-refractivity contribution in [2.24, 2.45) is 0 Å². The Bertz CT molecular complexity index is 520. The number of ether oxygens (including phenoxy) is 1. The molecular weight excluding hydrogens is 256 g/mol. The normalized spacial score (nSPS) is 18.6. The average Bonchev–Trinajstić information content (AvgIpc) is 2.48. The molecule has 0 aromatic heterocycles. The van der Waals surface area contributed by atoms with E-state index in [4.69, 9.17) is 4.74 Å². The Morgan fingerprint density at radius 1 is 1.35 bits per heavy atom. The summed E-state index contributed by atoms with van der Waals surface area (Å²) in [6.07, 6.45) is 0.170. The van der Waals surface area contributed by atoms with Gasteiger partial charge in [-0.3, -0.25) is 4.79 Å². The summed E-state index contributed by atoms with van der Waals surface area (Å²) in [5, 5.41) is 5.45. The summed E-state index contributed by atoms with van der Waals surface area (Å²) < 4.78 is 5.21. The average molecular weight is 276 g/mol. The zero-order chi connectivity index (χ0) is 14.8. The SMILES string of the molecule is CC(C)(C)OC(=O)NC1C(=O)NCCc2ccccc21. The van der Waals surface area contributed by atoms with Gasteiger partial charge in [0, 0.05) is 6.54 Å². The molecule has 0 spiro atoms. The number of amides is 2. The number of carbonyl (C=O) groups is 2. The van der Waals surface area contributed by atoms with Gasteiger partial charge in [-0.2, -0.15) is 0 Å². The molecule has 5 nitrogen and oxygen atoms in total. The fraction of sp³-hybridized carbons (Fsp3) is 0.467. The highest BCUT2D eigenvalue weighted by atomic mass is 16.6. The van der Waals surface area contributed by atoms with Crippen LogP contribution in [0, 0.1) is 0 Å². The van der Waals surface area contributed by atoms with E-state index in [1.165, 1.54) is 0 Å². The Morgan fingerprint density at radius 3 is 2.75 bits per heavy atom. The van der Waals surface area contributed by atoms with E-state index < -0.39 is 17.7 Å². The maximum atomic E-state index is 12.1. The van der Waals surface area contributed by atoms with E-state index in [9.17, 15) is 9.59 Å². The van der Waals surface area contributed by atoms with Crippen LogP contribution in [-0.4, -0.2) is 24.1 Å². The largest absolute Gasteiger partial charge is 0.444 e. The van der Waals surface area contributed by atoms with Gasteiger partial charge in [0.1, 0.15) is 11.6 Å². The van der Waals surface area contributed by atoms with Gasteiger partial charge in [0.15, 0.2) is 0 Å². The molecule has 1 aliphatic rings. The number of carbonyl (C=O) groups excluding carboxylic acids is 2. The first-order valence-electron chi connectivity index (χ1n) is 6.72. The van der Waals surface area contributed by atoms with Crippen LogP contribution in [0.4, 0.5) is 4.79 Å². The van der Waals surface area contributed by atoms with Crippen LogP contribution in [-0.2, 0) is 16.0 Å². The van der Waals surface area contributed by atoms with Gasteiger partial charge in [0.2, 0.25) is 5.91 Å². The fourth-order valence-corrected chi connectivity index (χ4v) is 2.18. The summed E-state index contributed by atoms with van der Waals surface area (Å²) in [7, 11) is 0. The van der Waals surface area contributed by atoms with Gasteiger partial charge >= 0.3 is 6.09 Å². The second kappa shape index (κ2) is 5.53. The number of hydrogen-bond acceptors (Lipinski definition) is 3. The van der Waals surface area contributed by atoms with Crippen LogP contribution in [0.2, 0.25) is 0 Å². The molecule has 1 aromatic rings. The fourth-order valence-electron chi connectivity index (χ4n) is 2.18. The molecule has 5 heteroatoms. The van der Waals surface area contributed by atoms with Crippen molar-refractivity contribution in [3.05, 3.63) is 35.4 Å². The molecule has 2 N–H and O–H groups in total. The van der Waals surface area contributed by atoms with Crippen molar-refractivity contribution in [2.45, 2.75) is 38.8 Å². The number of benzene rings is 1. The van der Waals surface area contributed by atoms with Gasteiger partial charge < -0.3 is 15.4 Å². The van der Waals surface area contributed by atoms with Crippen molar-refractivity contribution in [2.75, 3.05) is 6.54 Å². The lowest BCUT2D eigenvalue weighted by Crippen LogP contribution is -2.41. The summed E-state index contributed by atoms with van der Waals surface area (Å²) in [5.74, 6) is -0.208. The lowest BCUT2D eigenvalue weighted by atomic mass is 9.99. The first-order valence-corrected chi connectivity index (χ1v) is 6.72. The topological polar surface area (TPSA) is 67.4 Å². The van der Waals surface area contributed by atoms with E-state index in [1.807, 2.05) is 24.3 Å². The van der Waals surface area contributed by atoms with Gasteiger partial charge in [-0.15, -0.1) is 0 Å². The standard InChI is InChI=1S/C15H20N2O3/c1-15(2,3)20-14(19)17-12-11-7-5-4-6-10(11)8-9-16-13(12)18/h4-7,12H,8-9H2,1-3H3,(H,16,18)(H,17,19). The molecule has 108 valence electrons. The summed E-state index contributed by atoms with van der Waals surface area (Å²) in [6.45, 7) is 5.93. The van der Waals surface area contributed by atoms with Gasteiger partial charge in [-0.25, -0.2) is 4.79 Å². The molecule has 0 saturated heterocycles. The molecule has 1 heterocycles. The number of fused-ring (bicyclic) bond motifs is 1. The van der Waals surface area contributed by atoms with Crippen LogP contribution < -0.4 is 10.6 Å². The monoisotopic (exact) mass is 276 g/mol. The van der Waals surface area contributed by atoms with E-state index >= 15 is 0 Å². The molecule has 0 fully saturated rings. The predicted octanol–water partition coefficient (Wildman–Crippen LogP) is 1.92. The van der Waals surface area contributed by atoms with E-state index in [-0.39, 0.29) is 5.91 Å². The number of hydrogen-bond donors (Lipinski definition) is 2. The van der Waals surface area contributed by atoms with Crippen LogP contribution in [0.25, 0.3) is 0 Å². The minimum Gasteiger partial charge on any atom is -0.444 e. The molecule has 0 aliphatic carbocycles. The third-order valence-corrected chi connectivity index (χ3v) is 2.98. The zero-order valence-electron chi connectivity index (χ0n) is 12.0. The summed E-state index contributed by atoms with van der Waals surface area (Å²) in [4.78, 5) is 24.0. The smallest absolute Gasteiger partial charge is 0.408 e. The van der Waals surface area contributed by atoms with E-state index in [2.05, 4.69) is 10.6 Å². The van der Waals surface area contributed by atoms with Crippen LogP contribution in [0.15, 0.2) is 24.3 Å². The van der Waals surface area contributed by atoms with E-state index in [1.54, 1.807) is 20.8 Å². The second-order valence-electron chi connectivity index (χ2n) is 5.82. The van der Waals surface area contributed by atoms with Gasteiger partial charge in [-0.05, 0) is 38.3 Å². The van der Waals surface area contributed by atoms with Gasteiger partial charge in [0.25, 0.3) is 0 Å². The minimum absolute atomic E-state index is 0.208. The Labute approximate surface area is 118 Å². The van der Waals surface area contributed by atoms with Crippen molar-refractivity contribution in [3.8, 4) is 0 Å². The van der Waals surface area contributed by atoms with Crippen LogP contribution in [0.3, 0.4) is 0 Å². The van der Waals surface area contributed by atoms with Gasteiger partial charge in [-0.1, -0.05) is 24.3 Å². The number of nitrogens with one attached hydrogen (secondary N) is 2. The Balaban J connectivity index is 2.21. The van der Waals surface area contributed by atoms with E-state index in [0.29, 0.717) is 6.54 Å². The molecule has 0 saturated carbocycles. The number of rotatable bonds is 1. The Hall–Kier alpha value is -2.04. The van der Waals surface area contributed by atoms with Gasteiger partial charge in [0.05, 0.1) is 0 Å². The van der Waals surface area contributed by atoms with Crippen molar-refractivity contribution in [1.29, 1.82) is 0 Å². The second-order valence-corrected chi connectivity index (χ2v) is 5.82. The first kappa shape index (κ1) is 14.4. The lowest BCUT2D eigenvalue weighted by molar-refractivity contribution is -0.123. The molecule has 2 amide bonds. The highest BCUT2D eigenvalue weighted by Gasteiger charge is 2.28. The summed E-state index contributed by atoms with van der Waals surface area (Å²) >= 11 is 0. The zero-order valence-corrected chi connectivity index (χ0v) is 12.0. The first-order chi connectivity index (χ1) is 9.37. The highest BCUT2D eigenvalue weighted by molar-refractivity contribution is 5.87. The van der Waals surface area contributed by atoms with Crippen LogP contribution in [0.5, 0.6) is 0 Å². The minimum atomic E-state index is -0.705. The Morgan fingerprint density at radius 2 is 2.05 bits per heavy atom. The van der Waals surface area contributed by atoms with Crippen LogP contribution in [0.1, 0.15) is 37.9 Å². The third kappa shape index (κ3) is 3.50. The molecule has 20 heavy (non-hydrogen) atoms. The van der Waals surface area contributed by atoms with Crippen molar-refractivity contribution < 1.29 is 14.3 Å². The van der Waals surface area contributed by atoms with Crippen molar-refractivity contribution >= 4 is 12.0 Å². The molecule has 0 bridgehead atoms.